The van der Waals surface area contributed by atoms with Gasteiger partial charge in [0.15, 0.2) is 11.6 Å². The third-order valence-corrected chi connectivity index (χ3v) is 3.42. The maximum atomic E-state index is 5.45. The number of ether oxygens (including phenoxy) is 1. The van der Waals surface area contributed by atoms with E-state index in [1.54, 1.807) is 13.4 Å². The number of hydrogen-bond acceptors (Lipinski definition) is 5. The fourth-order valence-corrected chi connectivity index (χ4v) is 2.42. The lowest BCUT2D eigenvalue weighted by Crippen LogP contribution is -2.04. The van der Waals surface area contributed by atoms with Crippen molar-refractivity contribution in [1.29, 1.82) is 0 Å². The molecular formula is C16H16N4O. The van der Waals surface area contributed by atoms with E-state index in [1.807, 2.05) is 37.5 Å². The Hall–Kier alpha value is -2.69. The summed E-state index contributed by atoms with van der Waals surface area (Å²) in [6.07, 6.45) is 4.04. The molecule has 0 saturated heterocycles. The Balaban J connectivity index is 2.07. The van der Waals surface area contributed by atoms with Gasteiger partial charge in [0.2, 0.25) is 0 Å². The van der Waals surface area contributed by atoms with Crippen molar-refractivity contribution in [3.8, 4) is 5.75 Å². The molecule has 106 valence electrons. The van der Waals surface area contributed by atoms with Crippen molar-refractivity contribution in [2.24, 2.45) is 0 Å². The first-order valence-corrected chi connectivity index (χ1v) is 6.71. The third-order valence-electron chi connectivity index (χ3n) is 3.42. The summed E-state index contributed by atoms with van der Waals surface area (Å²) in [4.78, 5) is 12.9. The van der Waals surface area contributed by atoms with Crippen LogP contribution in [0.3, 0.4) is 0 Å². The highest BCUT2D eigenvalue weighted by molar-refractivity contribution is 5.82. The van der Waals surface area contributed by atoms with Gasteiger partial charge in [0.25, 0.3) is 0 Å². The molecule has 0 spiro atoms. The Bertz CT molecular complexity index is 768. The Labute approximate surface area is 123 Å². The van der Waals surface area contributed by atoms with Crippen LogP contribution < -0.4 is 10.1 Å². The van der Waals surface area contributed by atoms with Crippen LogP contribution in [0, 0.1) is 0 Å². The van der Waals surface area contributed by atoms with Gasteiger partial charge in [-0.25, -0.2) is 9.97 Å². The summed E-state index contributed by atoms with van der Waals surface area (Å²) in [6.45, 7) is 0. The molecule has 1 N–H and O–H groups in total. The van der Waals surface area contributed by atoms with E-state index in [-0.39, 0.29) is 0 Å². The van der Waals surface area contributed by atoms with Crippen molar-refractivity contribution in [2.75, 3.05) is 19.5 Å². The summed E-state index contributed by atoms with van der Waals surface area (Å²) in [7, 11) is 3.45. The van der Waals surface area contributed by atoms with Crippen LogP contribution in [-0.2, 0) is 6.42 Å². The minimum atomic E-state index is 0.670. The topological polar surface area (TPSA) is 59.9 Å². The van der Waals surface area contributed by atoms with Crippen LogP contribution in [0.5, 0.6) is 5.75 Å². The number of hydrogen-bond donors (Lipinski definition) is 1. The molecule has 2 heterocycles. The van der Waals surface area contributed by atoms with E-state index < -0.39 is 0 Å². The summed E-state index contributed by atoms with van der Waals surface area (Å²) >= 11 is 0. The molecule has 2 aromatic heterocycles. The molecule has 0 aliphatic carbocycles. The van der Waals surface area contributed by atoms with E-state index in [9.17, 15) is 0 Å². The van der Waals surface area contributed by atoms with Crippen molar-refractivity contribution >= 4 is 16.7 Å². The van der Waals surface area contributed by atoms with Crippen LogP contribution in [0.4, 0.5) is 5.82 Å². The van der Waals surface area contributed by atoms with Crippen molar-refractivity contribution in [3.63, 3.8) is 0 Å². The maximum absolute atomic E-state index is 5.45. The van der Waals surface area contributed by atoms with Gasteiger partial charge in [-0.1, -0.05) is 18.2 Å². The Morgan fingerprint density at radius 3 is 2.76 bits per heavy atom. The van der Waals surface area contributed by atoms with Crippen LogP contribution in [0.1, 0.15) is 11.3 Å². The first-order valence-electron chi connectivity index (χ1n) is 6.71. The lowest BCUT2D eigenvalue weighted by atomic mass is 10.0. The zero-order chi connectivity index (χ0) is 14.7. The van der Waals surface area contributed by atoms with E-state index in [1.165, 1.54) is 5.56 Å². The normalized spacial score (nSPS) is 10.6. The molecule has 0 amide bonds. The predicted octanol–water partition coefficient (Wildman–Crippen LogP) is 2.67. The SMILES string of the molecule is CNc1ncnc(Cc2ccnc3ccccc23)c1OC. The highest BCUT2D eigenvalue weighted by atomic mass is 16.5. The molecule has 3 aromatic rings. The van der Waals surface area contributed by atoms with Crippen LogP contribution in [0.15, 0.2) is 42.9 Å². The zero-order valence-electron chi connectivity index (χ0n) is 12.0. The van der Waals surface area contributed by atoms with Gasteiger partial charge in [0.05, 0.1) is 18.3 Å². The van der Waals surface area contributed by atoms with Crippen molar-refractivity contribution in [3.05, 3.63) is 54.1 Å². The number of rotatable bonds is 4. The number of benzene rings is 1. The number of para-hydroxylation sites is 1. The van der Waals surface area contributed by atoms with Gasteiger partial charge in [-0.05, 0) is 17.7 Å². The fraction of sp³-hybridized carbons (Fsp3) is 0.188. The second-order valence-electron chi connectivity index (χ2n) is 4.62. The third kappa shape index (κ3) is 2.50. The van der Waals surface area contributed by atoms with Gasteiger partial charge >= 0.3 is 0 Å². The average molecular weight is 280 g/mol. The monoisotopic (exact) mass is 280 g/mol. The molecule has 0 bridgehead atoms. The largest absolute Gasteiger partial charge is 0.491 e. The molecule has 3 rings (SSSR count). The first-order chi connectivity index (χ1) is 10.3. The molecule has 5 nitrogen and oxygen atoms in total. The Kier molecular flexibility index (Phi) is 3.64. The van der Waals surface area contributed by atoms with Gasteiger partial charge < -0.3 is 10.1 Å². The summed E-state index contributed by atoms with van der Waals surface area (Å²) in [5.74, 6) is 1.38. The van der Waals surface area contributed by atoms with Crippen LogP contribution in [0.2, 0.25) is 0 Å². The van der Waals surface area contributed by atoms with Crippen molar-refractivity contribution in [2.45, 2.75) is 6.42 Å². The van der Waals surface area contributed by atoms with E-state index >= 15 is 0 Å². The standard InChI is InChI=1S/C16H16N4O/c1-17-16-15(21-2)14(19-10-20-16)9-11-7-8-18-13-6-4-3-5-12(11)13/h3-8,10H,9H2,1-2H3,(H,17,19,20). The van der Waals surface area contributed by atoms with Gasteiger partial charge in [-0.3, -0.25) is 4.98 Å². The van der Waals surface area contributed by atoms with Crippen LogP contribution >= 0.6 is 0 Å². The summed E-state index contributed by atoms with van der Waals surface area (Å²) in [6, 6.07) is 10.1. The summed E-state index contributed by atoms with van der Waals surface area (Å²) in [5, 5.41) is 4.15. The van der Waals surface area contributed by atoms with Gasteiger partial charge in [-0.15, -0.1) is 0 Å². The lowest BCUT2D eigenvalue weighted by Gasteiger charge is -2.12. The summed E-state index contributed by atoms with van der Waals surface area (Å²) in [5.41, 5.74) is 3.00. The molecule has 21 heavy (non-hydrogen) atoms. The molecule has 0 saturated carbocycles. The van der Waals surface area contributed by atoms with Crippen LogP contribution in [0.25, 0.3) is 10.9 Å². The highest BCUT2D eigenvalue weighted by Gasteiger charge is 2.12. The molecule has 1 aromatic carbocycles. The van der Waals surface area contributed by atoms with E-state index in [0.717, 1.165) is 16.6 Å². The molecular weight excluding hydrogens is 264 g/mol. The zero-order valence-corrected chi connectivity index (χ0v) is 12.0. The van der Waals surface area contributed by atoms with E-state index in [4.69, 9.17) is 4.74 Å². The van der Waals surface area contributed by atoms with E-state index in [2.05, 4.69) is 26.3 Å². The van der Waals surface area contributed by atoms with Gasteiger partial charge in [0, 0.05) is 25.1 Å². The Morgan fingerprint density at radius 1 is 1.10 bits per heavy atom. The number of anilines is 1. The van der Waals surface area contributed by atoms with Gasteiger partial charge in [-0.2, -0.15) is 0 Å². The van der Waals surface area contributed by atoms with Crippen LogP contribution in [-0.4, -0.2) is 29.1 Å². The smallest absolute Gasteiger partial charge is 0.183 e. The number of fused-ring (bicyclic) bond motifs is 1. The van der Waals surface area contributed by atoms with E-state index in [0.29, 0.717) is 18.0 Å². The molecule has 0 unspecified atom stereocenters. The second-order valence-corrected chi connectivity index (χ2v) is 4.62. The fourth-order valence-electron chi connectivity index (χ4n) is 2.42. The highest BCUT2D eigenvalue weighted by Crippen LogP contribution is 2.28. The number of pyridine rings is 1. The molecule has 0 atom stereocenters. The summed E-state index contributed by atoms with van der Waals surface area (Å²) < 4.78 is 5.45. The van der Waals surface area contributed by atoms with Gasteiger partial charge in [0.1, 0.15) is 6.33 Å². The minimum Gasteiger partial charge on any atom is -0.491 e. The average Bonchev–Trinajstić information content (AvgIpc) is 2.55. The van der Waals surface area contributed by atoms with Crippen molar-refractivity contribution in [1.82, 2.24) is 15.0 Å². The number of nitrogens with one attached hydrogen (secondary N) is 1. The molecule has 5 heteroatoms. The maximum Gasteiger partial charge on any atom is 0.183 e. The molecule has 0 radical (unpaired) electrons. The first kappa shape index (κ1) is 13.3. The number of nitrogens with zero attached hydrogens (tertiary/aromatic N) is 3. The Morgan fingerprint density at radius 2 is 1.95 bits per heavy atom. The predicted molar refractivity (Wildman–Crippen MR) is 82.7 cm³/mol. The second kappa shape index (κ2) is 5.75. The minimum absolute atomic E-state index is 0.670. The molecule has 0 aliphatic heterocycles. The van der Waals surface area contributed by atoms with Crippen molar-refractivity contribution < 1.29 is 4.74 Å². The molecule has 0 fully saturated rings. The quantitative estimate of drug-likeness (QED) is 0.796. The number of methoxy groups -OCH3 is 1. The molecule has 0 aliphatic rings. The number of aromatic nitrogens is 3. The lowest BCUT2D eigenvalue weighted by molar-refractivity contribution is 0.408.